The summed E-state index contributed by atoms with van der Waals surface area (Å²) < 4.78 is 4.85. The van der Waals surface area contributed by atoms with Gasteiger partial charge in [0.15, 0.2) is 0 Å². The highest BCUT2D eigenvalue weighted by Crippen LogP contribution is 2.34. The van der Waals surface area contributed by atoms with Gasteiger partial charge in [0, 0.05) is 42.6 Å². The van der Waals surface area contributed by atoms with Crippen LogP contribution in [0.1, 0.15) is 12.8 Å². The molecule has 3 rings (SSSR count). The Balaban J connectivity index is 2.02. The van der Waals surface area contributed by atoms with E-state index in [2.05, 4.69) is 9.88 Å². The van der Waals surface area contributed by atoms with Crippen LogP contribution >= 0.6 is 0 Å². The molecule has 1 atom stereocenters. The summed E-state index contributed by atoms with van der Waals surface area (Å²) >= 11 is 0. The summed E-state index contributed by atoms with van der Waals surface area (Å²) in [5, 5.41) is 12.5. The van der Waals surface area contributed by atoms with Crippen LogP contribution in [-0.2, 0) is 9.53 Å². The third kappa shape index (κ3) is 2.81. The van der Waals surface area contributed by atoms with Crippen molar-refractivity contribution in [3.8, 4) is 0 Å². The number of piperidine rings is 1. The first-order chi connectivity index (χ1) is 11.1. The first-order valence-corrected chi connectivity index (χ1v) is 7.45. The molecular formula is C16H17N3O4. The Morgan fingerprint density at radius 3 is 2.96 bits per heavy atom. The van der Waals surface area contributed by atoms with Crippen molar-refractivity contribution in [2.24, 2.45) is 5.92 Å². The van der Waals surface area contributed by atoms with Gasteiger partial charge in [0.25, 0.3) is 5.69 Å². The van der Waals surface area contributed by atoms with E-state index in [1.165, 1.54) is 19.4 Å². The van der Waals surface area contributed by atoms with E-state index >= 15 is 0 Å². The van der Waals surface area contributed by atoms with Crippen LogP contribution in [0.15, 0.2) is 30.6 Å². The molecule has 1 fully saturated rings. The van der Waals surface area contributed by atoms with Crippen LogP contribution in [0.3, 0.4) is 0 Å². The van der Waals surface area contributed by atoms with Crippen LogP contribution in [0, 0.1) is 16.0 Å². The zero-order chi connectivity index (χ0) is 16.4. The van der Waals surface area contributed by atoms with Crippen LogP contribution < -0.4 is 4.90 Å². The van der Waals surface area contributed by atoms with E-state index in [1.807, 2.05) is 0 Å². The largest absolute Gasteiger partial charge is 0.469 e. The number of ether oxygens (including phenoxy) is 1. The predicted molar refractivity (Wildman–Crippen MR) is 85.4 cm³/mol. The summed E-state index contributed by atoms with van der Waals surface area (Å²) in [7, 11) is 1.40. The van der Waals surface area contributed by atoms with Gasteiger partial charge in [-0.15, -0.1) is 0 Å². The lowest BCUT2D eigenvalue weighted by Crippen LogP contribution is -2.39. The van der Waals surface area contributed by atoms with E-state index in [-0.39, 0.29) is 17.6 Å². The molecule has 23 heavy (non-hydrogen) atoms. The molecule has 2 aromatic rings. The Bertz CT molecular complexity index is 762. The van der Waals surface area contributed by atoms with Crippen molar-refractivity contribution in [1.29, 1.82) is 0 Å². The number of pyridine rings is 1. The molecule has 0 spiro atoms. The van der Waals surface area contributed by atoms with Crippen LogP contribution in [0.2, 0.25) is 0 Å². The number of carbonyl (C=O) groups is 1. The highest BCUT2D eigenvalue weighted by molar-refractivity contribution is 5.99. The van der Waals surface area contributed by atoms with E-state index in [0.29, 0.717) is 11.9 Å². The molecule has 1 saturated heterocycles. The molecule has 0 bridgehead atoms. The first-order valence-electron chi connectivity index (χ1n) is 7.45. The number of carbonyl (C=O) groups excluding carboxylic acids is 1. The van der Waals surface area contributed by atoms with Crippen LogP contribution in [-0.4, -0.2) is 36.1 Å². The average molecular weight is 315 g/mol. The number of non-ortho nitro benzene ring substituents is 1. The zero-order valence-electron chi connectivity index (χ0n) is 12.8. The van der Waals surface area contributed by atoms with Crippen LogP contribution in [0.25, 0.3) is 10.8 Å². The lowest BCUT2D eigenvalue weighted by Gasteiger charge is -2.33. The van der Waals surface area contributed by atoms with Gasteiger partial charge in [-0.2, -0.15) is 0 Å². The summed E-state index contributed by atoms with van der Waals surface area (Å²) in [6.45, 7) is 1.37. The zero-order valence-corrected chi connectivity index (χ0v) is 12.8. The number of aromatic nitrogens is 1. The van der Waals surface area contributed by atoms with Crippen molar-refractivity contribution in [2.45, 2.75) is 12.8 Å². The Morgan fingerprint density at radius 2 is 2.22 bits per heavy atom. The van der Waals surface area contributed by atoms with Gasteiger partial charge in [0.1, 0.15) is 0 Å². The molecule has 7 heteroatoms. The standard InChI is InChI=1S/C16H17N3O4/c1-23-16(20)11-3-2-8-18(10-11)14-4-5-15(19(21)22)13-9-17-7-6-12(13)14/h4-7,9,11H,2-3,8,10H2,1H3/t11-/m0/s1. The van der Waals surface area contributed by atoms with Crippen molar-refractivity contribution in [3.63, 3.8) is 0 Å². The van der Waals surface area contributed by atoms with E-state index in [1.54, 1.807) is 18.3 Å². The van der Waals surface area contributed by atoms with Crippen molar-refractivity contribution in [3.05, 3.63) is 40.7 Å². The summed E-state index contributed by atoms with van der Waals surface area (Å²) in [6.07, 6.45) is 4.81. The minimum atomic E-state index is -0.402. The van der Waals surface area contributed by atoms with Gasteiger partial charge in [0.05, 0.1) is 23.3 Å². The van der Waals surface area contributed by atoms with Crippen molar-refractivity contribution in [1.82, 2.24) is 4.98 Å². The monoisotopic (exact) mass is 315 g/mol. The highest BCUT2D eigenvalue weighted by Gasteiger charge is 2.28. The average Bonchev–Trinajstić information content (AvgIpc) is 2.60. The van der Waals surface area contributed by atoms with E-state index < -0.39 is 4.92 Å². The Hall–Kier alpha value is -2.70. The maximum atomic E-state index is 11.8. The van der Waals surface area contributed by atoms with Gasteiger partial charge in [0.2, 0.25) is 0 Å². The van der Waals surface area contributed by atoms with Gasteiger partial charge in [-0.25, -0.2) is 0 Å². The smallest absolute Gasteiger partial charge is 0.310 e. The highest BCUT2D eigenvalue weighted by atomic mass is 16.6. The number of nitrogens with zero attached hydrogens (tertiary/aromatic N) is 3. The number of fused-ring (bicyclic) bond motifs is 1. The number of benzene rings is 1. The van der Waals surface area contributed by atoms with Crippen molar-refractivity contribution in [2.75, 3.05) is 25.1 Å². The molecule has 120 valence electrons. The van der Waals surface area contributed by atoms with Gasteiger partial charge < -0.3 is 9.64 Å². The van der Waals surface area contributed by atoms with Gasteiger partial charge in [-0.3, -0.25) is 19.9 Å². The van der Waals surface area contributed by atoms with E-state index in [4.69, 9.17) is 4.74 Å². The Morgan fingerprint density at radius 1 is 1.39 bits per heavy atom. The number of methoxy groups -OCH3 is 1. The molecular weight excluding hydrogens is 298 g/mol. The number of nitro groups is 1. The van der Waals surface area contributed by atoms with Crippen molar-refractivity contribution >= 4 is 28.1 Å². The third-order valence-electron chi connectivity index (χ3n) is 4.27. The van der Waals surface area contributed by atoms with E-state index in [9.17, 15) is 14.9 Å². The van der Waals surface area contributed by atoms with Crippen LogP contribution in [0.4, 0.5) is 11.4 Å². The van der Waals surface area contributed by atoms with Gasteiger partial charge >= 0.3 is 5.97 Å². The second-order valence-corrected chi connectivity index (χ2v) is 5.59. The minimum Gasteiger partial charge on any atom is -0.469 e. The molecule has 7 nitrogen and oxygen atoms in total. The number of hydrogen-bond acceptors (Lipinski definition) is 6. The van der Waals surface area contributed by atoms with Gasteiger partial charge in [-0.05, 0) is 25.0 Å². The molecule has 1 aromatic heterocycles. The fourth-order valence-corrected chi connectivity index (χ4v) is 3.15. The first kappa shape index (κ1) is 15.2. The maximum absolute atomic E-state index is 11.8. The normalized spacial score (nSPS) is 18.0. The number of esters is 1. The fraction of sp³-hybridized carbons (Fsp3) is 0.375. The maximum Gasteiger partial charge on any atom is 0.310 e. The molecule has 1 aromatic carbocycles. The topological polar surface area (TPSA) is 85.6 Å². The van der Waals surface area contributed by atoms with Crippen molar-refractivity contribution < 1.29 is 14.5 Å². The molecule has 1 aliphatic rings. The number of anilines is 1. The van der Waals surface area contributed by atoms with Gasteiger partial charge in [-0.1, -0.05) is 0 Å². The molecule has 0 amide bonds. The Kier molecular flexibility index (Phi) is 4.10. The second-order valence-electron chi connectivity index (χ2n) is 5.59. The summed E-state index contributed by atoms with van der Waals surface area (Å²) in [5.41, 5.74) is 0.931. The summed E-state index contributed by atoms with van der Waals surface area (Å²) in [4.78, 5) is 28.7. The Labute approximate surface area is 133 Å². The number of nitro benzene ring substituents is 1. The van der Waals surface area contributed by atoms with Crippen LogP contribution in [0.5, 0.6) is 0 Å². The molecule has 0 radical (unpaired) electrons. The van der Waals surface area contributed by atoms with E-state index in [0.717, 1.165) is 30.5 Å². The lowest BCUT2D eigenvalue weighted by molar-refractivity contribution is -0.383. The molecule has 1 aliphatic heterocycles. The lowest BCUT2D eigenvalue weighted by atomic mass is 9.96. The quantitative estimate of drug-likeness (QED) is 0.491. The minimum absolute atomic E-state index is 0.0402. The molecule has 2 heterocycles. The molecule has 0 aliphatic carbocycles. The molecule has 0 unspecified atom stereocenters. The number of rotatable bonds is 3. The fourth-order valence-electron chi connectivity index (χ4n) is 3.15. The number of hydrogen-bond donors (Lipinski definition) is 0. The molecule has 0 N–H and O–H groups in total. The second kappa shape index (κ2) is 6.20. The molecule has 0 saturated carbocycles. The third-order valence-corrected chi connectivity index (χ3v) is 4.27. The summed E-state index contributed by atoms with van der Waals surface area (Å²) in [5.74, 6) is -0.372. The summed E-state index contributed by atoms with van der Waals surface area (Å²) in [6, 6.07) is 5.03. The SMILES string of the molecule is COC(=O)[C@H]1CCCN(c2ccc([N+](=O)[O-])c3cnccc23)C1. The predicted octanol–water partition coefficient (Wildman–Crippen LogP) is 2.53.